The fourth-order valence-electron chi connectivity index (χ4n) is 1.64. The number of carbonyl (C=O) groups is 1. The first kappa shape index (κ1) is 11.5. The Labute approximate surface area is 101 Å². The molecule has 1 N–H and O–H groups in total. The van der Waals surface area contributed by atoms with E-state index in [1.54, 1.807) is 0 Å². The van der Waals surface area contributed by atoms with Crippen LogP contribution in [0.1, 0.15) is 24.2 Å². The standard InChI is InChI=1S/C14H16N2O/c1-11(2)15-14(17)12-5-7-13(8-6-12)16-9-3-4-10-16/h3-11H,1-2H3,(H,15,17). The highest BCUT2D eigenvalue weighted by atomic mass is 16.1. The number of rotatable bonds is 3. The number of aromatic nitrogens is 1. The summed E-state index contributed by atoms with van der Waals surface area (Å²) in [6.45, 7) is 3.90. The summed E-state index contributed by atoms with van der Waals surface area (Å²) in [5.41, 5.74) is 1.74. The number of hydrogen-bond acceptors (Lipinski definition) is 1. The molecule has 2 aromatic rings. The van der Waals surface area contributed by atoms with Gasteiger partial charge in [-0.15, -0.1) is 0 Å². The largest absolute Gasteiger partial charge is 0.350 e. The van der Waals surface area contributed by atoms with E-state index in [0.717, 1.165) is 5.69 Å². The zero-order valence-electron chi connectivity index (χ0n) is 10.1. The van der Waals surface area contributed by atoms with E-state index >= 15 is 0 Å². The number of nitrogens with one attached hydrogen (secondary N) is 1. The van der Waals surface area contributed by atoms with Gasteiger partial charge in [0, 0.05) is 29.7 Å². The molecule has 0 saturated carbocycles. The van der Waals surface area contributed by atoms with E-state index in [9.17, 15) is 4.79 Å². The van der Waals surface area contributed by atoms with Crippen LogP contribution in [0.15, 0.2) is 48.8 Å². The summed E-state index contributed by atoms with van der Waals surface area (Å²) in [7, 11) is 0. The van der Waals surface area contributed by atoms with Crippen LogP contribution in [0.2, 0.25) is 0 Å². The van der Waals surface area contributed by atoms with E-state index in [1.165, 1.54) is 0 Å². The van der Waals surface area contributed by atoms with Crippen LogP contribution >= 0.6 is 0 Å². The number of carbonyl (C=O) groups excluding carboxylic acids is 1. The van der Waals surface area contributed by atoms with Crippen molar-refractivity contribution in [3.63, 3.8) is 0 Å². The lowest BCUT2D eigenvalue weighted by molar-refractivity contribution is 0.0943. The minimum atomic E-state index is -0.0287. The predicted molar refractivity (Wildman–Crippen MR) is 68.4 cm³/mol. The van der Waals surface area contributed by atoms with Crippen molar-refractivity contribution in [2.24, 2.45) is 0 Å². The van der Waals surface area contributed by atoms with Gasteiger partial charge in [-0.3, -0.25) is 4.79 Å². The second-order valence-electron chi connectivity index (χ2n) is 4.27. The minimum absolute atomic E-state index is 0.0287. The van der Waals surface area contributed by atoms with Gasteiger partial charge in [0.05, 0.1) is 0 Å². The Bertz CT molecular complexity index is 483. The summed E-state index contributed by atoms with van der Waals surface area (Å²) >= 11 is 0. The van der Waals surface area contributed by atoms with Gasteiger partial charge >= 0.3 is 0 Å². The first-order valence-corrected chi connectivity index (χ1v) is 5.71. The highest BCUT2D eigenvalue weighted by Crippen LogP contribution is 2.10. The molecule has 2 rings (SSSR count). The number of amides is 1. The van der Waals surface area contributed by atoms with Crippen LogP contribution in [0.3, 0.4) is 0 Å². The average Bonchev–Trinajstić information content (AvgIpc) is 2.82. The van der Waals surface area contributed by atoms with Gasteiger partial charge in [0.2, 0.25) is 0 Å². The topological polar surface area (TPSA) is 34.0 Å². The number of nitrogens with zero attached hydrogens (tertiary/aromatic N) is 1. The zero-order chi connectivity index (χ0) is 12.3. The maximum Gasteiger partial charge on any atom is 0.251 e. The first-order chi connectivity index (χ1) is 8.16. The quantitative estimate of drug-likeness (QED) is 0.860. The first-order valence-electron chi connectivity index (χ1n) is 5.71. The minimum Gasteiger partial charge on any atom is -0.350 e. The molecular weight excluding hydrogens is 212 g/mol. The van der Waals surface area contributed by atoms with Crippen molar-refractivity contribution in [3.8, 4) is 5.69 Å². The fourth-order valence-corrected chi connectivity index (χ4v) is 1.64. The van der Waals surface area contributed by atoms with Crippen LogP contribution < -0.4 is 5.32 Å². The maximum atomic E-state index is 11.7. The monoisotopic (exact) mass is 228 g/mol. The molecule has 0 aliphatic rings. The van der Waals surface area contributed by atoms with E-state index in [1.807, 2.05) is 67.2 Å². The van der Waals surface area contributed by atoms with Crippen molar-refractivity contribution in [2.45, 2.75) is 19.9 Å². The van der Waals surface area contributed by atoms with Crippen LogP contribution in [0.25, 0.3) is 5.69 Å². The molecule has 0 atom stereocenters. The summed E-state index contributed by atoms with van der Waals surface area (Å²) in [4.78, 5) is 11.7. The summed E-state index contributed by atoms with van der Waals surface area (Å²) < 4.78 is 2.00. The zero-order valence-corrected chi connectivity index (χ0v) is 10.1. The van der Waals surface area contributed by atoms with Crippen LogP contribution in [0.5, 0.6) is 0 Å². The molecule has 0 saturated heterocycles. The molecule has 0 radical (unpaired) electrons. The Balaban J connectivity index is 2.16. The third kappa shape index (κ3) is 2.75. The molecule has 1 aromatic carbocycles. The lowest BCUT2D eigenvalue weighted by atomic mass is 10.2. The van der Waals surface area contributed by atoms with Crippen LogP contribution in [0, 0.1) is 0 Å². The molecule has 3 heteroatoms. The molecule has 1 aromatic heterocycles. The molecular formula is C14H16N2O. The Morgan fingerprint density at radius 2 is 1.71 bits per heavy atom. The SMILES string of the molecule is CC(C)NC(=O)c1ccc(-n2cccc2)cc1. The molecule has 0 fully saturated rings. The molecule has 3 nitrogen and oxygen atoms in total. The highest BCUT2D eigenvalue weighted by molar-refractivity contribution is 5.94. The Kier molecular flexibility index (Phi) is 3.28. The molecule has 0 aliphatic carbocycles. The van der Waals surface area contributed by atoms with Gasteiger partial charge < -0.3 is 9.88 Å². The summed E-state index contributed by atoms with van der Waals surface area (Å²) in [5, 5.41) is 2.87. The molecule has 88 valence electrons. The Morgan fingerprint density at radius 3 is 2.24 bits per heavy atom. The summed E-state index contributed by atoms with van der Waals surface area (Å²) in [6, 6.07) is 11.7. The van der Waals surface area contributed by atoms with Crippen LogP contribution in [-0.4, -0.2) is 16.5 Å². The molecule has 17 heavy (non-hydrogen) atoms. The number of hydrogen-bond donors (Lipinski definition) is 1. The highest BCUT2D eigenvalue weighted by Gasteiger charge is 2.06. The number of benzene rings is 1. The van der Waals surface area contributed by atoms with Gasteiger partial charge in [-0.05, 0) is 50.2 Å². The summed E-state index contributed by atoms with van der Waals surface area (Å²) in [5.74, 6) is -0.0287. The van der Waals surface area contributed by atoms with Gasteiger partial charge in [0.1, 0.15) is 0 Å². The van der Waals surface area contributed by atoms with Gasteiger partial charge in [0.15, 0.2) is 0 Å². The van der Waals surface area contributed by atoms with Crippen molar-refractivity contribution in [1.82, 2.24) is 9.88 Å². The van der Waals surface area contributed by atoms with Crippen LogP contribution in [-0.2, 0) is 0 Å². The van der Waals surface area contributed by atoms with Gasteiger partial charge in [-0.2, -0.15) is 0 Å². The van der Waals surface area contributed by atoms with Gasteiger partial charge in [-0.1, -0.05) is 0 Å². The normalized spacial score (nSPS) is 10.5. The van der Waals surface area contributed by atoms with Crippen molar-refractivity contribution in [3.05, 3.63) is 54.4 Å². The average molecular weight is 228 g/mol. The molecule has 1 heterocycles. The van der Waals surface area contributed by atoms with Crippen molar-refractivity contribution < 1.29 is 4.79 Å². The Morgan fingerprint density at radius 1 is 1.12 bits per heavy atom. The molecule has 1 amide bonds. The Hall–Kier alpha value is -2.03. The second-order valence-corrected chi connectivity index (χ2v) is 4.27. The lowest BCUT2D eigenvalue weighted by Crippen LogP contribution is -2.29. The molecule has 0 spiro atoms. The van der Waals surface area contributed by atoms with Crippen molar-refractivity contribution in [1.29, 1.82) is 0 Å². The van der Waals surface area contributed by atoms with Crippen molar-refractivity contribution >= 4 is 5.91 Å². The third-order valence-corrected chi connectivity index (χ3v) is 2.45. The predicted octanol–water partition coefficient (Wildman–Crippen LogP) is 2.62. The lowest BCUT2D eigenvalue weighted by Gasteiger charge is -2.09. The maximum absolute atomic E-state index is 11.7. The third-order valence-electron chi connectivity index (χ3n) is 2.45. The summed E-state index contributed by atoms with van der Waals surface area (Å²) in [6.07, 6.45) is 3.95. The molecule has 0 unspecified atom stereocenters. The van der Waals surface area contributed by atoms with E-state index < -0.39 is 0 Å². The molecule has 0 aliphatic heterocycles. The van der Waals surface area contributed by atoms with E-state index in [0.29, 0.717) is 5.56 Å². The van der Waals surface area contributed by atoms with E-state index in [2.05, 4.69) is 5.32 Å². The van der Waals surface area contributed by atoms with E-state index in [-0.39, 0.29) is 11.9 Å². The van der Waals surface area contributed by atoms with Crippen molar-refractivity contribution in [2.75, 3.05) is 0 Å². The molecule has 0 bridgehead atoms. The van der Waals surface area contributed by atoms with Gasteiger partial charge in [-0.25, -0.2) is 0 Å². The second kappa shape index (κ2) is 4.87. The van der Waals surface area contributed by atoms with E-state index in [4.69, 9.17) is 0 Å². The smallest absolute Gasteiger partial charge is 0.251 e. The van der Waals surface area contributed by atoms with Gasteiger partial charge in [0.25, 0.3) is 5.91 Å². The fraction of sp³-hybridized carbons (Fsp3) is 0.214. The van der Waals surface area contributed by atoms with Crippen LogP contribution in [0.4, 0.5) is 0 Å².